The second kappa shape index (κ2) is 10.8. The number of aryl methyl sites for hydroxylation is 2. The first-order chi connectivity index (χ1) is 16.8. The van der Waals surface area contributed by atoms with Gasteiger partial charge >= 0.3 is 5.97 Å². The number of thioether (sulfide) groups is 1. The summed E-state index contributed by atoms with van der Waals surface area (Å²) in [6.07, 6.45) is 0. The average molecular weight is 527 g/mol. The maximum absolute atomic E-state index is 12.9. The van der Waals surface area contributed by atoms with Crippen molar-refractivity contribution in [1.82, 2.24) is 14.8 Å². The van der Waals surface area contributed by atoms with Gasteiger partial charge in [-0.1, -0.05) is 41.6 Å². The zero-order valence-corrected chi connectivity index (χ0v) is 22.6. The highest BCUT2D eigenvalue weighted by Gasteiger charge is 2.24. The van der Waals surface area contributed by atoms with Crippen molar-refractivity contribution in [1.29, 1.82) is 0 Å². The third kappa shape index (κ3) is 5.34. The molecule has 4 rings (SSSR count). The number of hydrogen-bond acceptors (Lipinski definition) is 8. The fraction of sp³-hybridized carbons (Fsp3) is 0.280. The maximum Gasteiger partial charge on any atom is 0.341 e. The van der Waals surface area contributed by atoms with Crippen molar-refractivity contribution in [3.8, 4) is 21.8 Å². The van der Waals surface area contributed by atoms with E-state index in [1.165, 1.54) is 30.2 Å². The highest BCUT2D eigenvalue weighted by atomic mass is 32.2. The molecule has 0 saturated heterocycles. The van der Waals surface area contributed by atoms with Crippen molar-refractivity contribution in [3.05, 3.63) is 57.8 Å². The molecular weight excluding hydrogens is 501 g/mol. The Hall–Kier alpha value is -2.95. The SMILES string of the molecule is COC(=O)c1c(-c2cc(C)ccc2C)csc1NC(=O)CSc1nnc(-c2cccs2)n1C(C)C. The van der Waals surface area contributed by atoms with Crippen LogP contribution in [0.15, 0.2) is 46.2 Å². The molecule has 7 nitrogen and oxygen atoms in total. The number of hydrogen-bond donors (Lipinski definition) is 1. The molecule has 0 aliphatic rings. The van der Waals surface area contributed by atoms with E-state index < -0.39 is 5.97 Å². The predicted molar refractivity (Wildman–Crippen MR) is 144 cm³/mol. The van der Waals surface area contributed by atoms with Gasteiger partial charge in [0.05, 0.1) is 17.7 Å². The quantitative estimate of drug-likeness (QED) is 0.210. The van der Waals surface area contributed by atoms with Crippen LogP contribution in [0.2, 0.25) is 0 Å². The molecule has 1 N–H and O–H groups in total. The van der Waals surface area contributed by atoms with Gasteiger partial charge in [-0.05, 0) is 50.3 Å². The average Bonchev–Trinajstić information content (AvgIpc) is 3.58. The lowest BCUT2D eigenvalue weighted by atomic mass is 9.97. The van der Waals surface area contributed by atoms with E-state index >= 15 is 0 Å². The van der Waals surface area contributed by atoms with Crippen LogP contribution in [0, 0.1) is 13.8 Å². The van der Waals surface area contributed by atoms with Gasteiger partial charge in [0.25, 0.3) is 0 Å². The summed E-state index contributed by atoms with van der Waals surface area (Å²) in [6, 6.07) is 10.2. The molecule has 0 radical (unpaired) electrons. The Morgan fingerprint density at radius 2 is 1.94 bits per heavy atom. The van der Waals surface area contributed by atoms with Crippen molar-refractivity contribution in [2.75, 3.05) is 18.2 Å². The van der Waals surface area contributed by atoms with E-state index in [0.29, 0.717) is 15.7 Å². The van der Waals surface area contributed by atoms with Gasteiger partial charge in [-0.15, -0.1) is 32.9 Å². The molecule has 4 aromatic rings. The number of benzene rings is 1. The van der Waals surface area contributed by atoms with Gasteiger partial charge in [-0.25, -0.2) is 4.79 Å². The monoisotopic (exact) mass is 526 g/mol. The van der Waals surface area contributed by atoms with E-state index in [9.17, 15) is 9.59 Å². The van der Waals surface area contributed by atoms with E-state index in [1.807, 2.05) is 59.5 Å². The number of nitrogens with one attached hydrogen (secondary N) is 1. The molecule has 3 aromatic heterocycles. The fourth-order valence-electron chi connectivity index (χ4n) is 3.69. The van der Waals surface area contributed by atoms with Gasteiger partial charge in [0.1, 0.15) is 10.6 Å². The number of nitrogens with zero attached hydrogens (tertiary/aromatic N) is 3. The largest absolute Gasteiger partial charge is 0.465 e. The fourth-order valence-corrected chi connectivity index (χ4v) is 6.22. The highest BCUT2D eigenvalue weighted by Crippen LogP contribution is 2.38. The third-order valence-corrected chi connectivity index (χ3v) is 8.08. The molecule has 0 aliphatic heterocycles. The molecule has 0 bridgehead atoms. The van der Waals surface area contributed by atoms with Gasteiger partial charge in [-0.2, -0.15) is 0 Å². The van der Waals surface area contributed by atoms with Crippen LogP contribution < -0.4 is 5.32 Å². The molecule has 1 aromatic carbocycles. The third-order valence-electron chi connectivity index (χ3n) is 5.37. The number of methoxy groups -OCH3 is 1. The number of ether oxygens (including phenoxy) is 1. The Morgan fingerprint density at radius 1 is 1.14 bits per heavy atom. The molecule has 35 heavy (non-hydrogen) atoms. The second-order valence-corrected chi connectivity index (χ2v) is 11.0. The van der Waals surface area contributed by atoms with E-state index in [4.69, 9.17) is 4.74 Å². The minimum atomic E-state index is -0.481. The van der Waals surface area contributed by atoms with Crippen LogP contribution in [0.25, 0.3) is 21.8 Å². The van der Waals surface area contributed by atoms with Crippen molar-refractivity contribution in [2.24, 2.45) is 0 Å². The summed E-state index contributed by atoms with van der Waals surface area (Å²) in [5.41, 5.74) is 4.20. The Bertz CT molecular complexity index is 1360. The lowest BCUT2D eigenvalue weighted by Crippen LogP contribution is -2.16. The van der Waals surface area contributed by atoms with Crippen molar-refractivity contribution in [3.63, 3.8) is 0 Å². The van der Waals surface area contributed by atoms with Crippen LogP contribution in [0.1, 0.15) is 41.4 Å². The molecule has 10 heteroatoms. The van der Waals surface area contributed by atoms with Crippen molar-refractivity contribution < 1.29 is 14.3 Å². The lowest BCUT2D eigenvalue weighted by Gasteiger charge is -2.13. The Labute approximate surface area is 216 Å². The zero-order valence-electron chi connectivity index (χ0n) is 20.1. The Kier molecular flexibility index (Phi) is 7.73. The van der Waals surface area contributed by atoms with Crippen LogP contribution in [-0.2, 0) is 9.53 Å². The van der Waals surface area contributed by atoms with Gasteiger partial charge < -0.3 is 10.1 Å². The molecule has 0 spiro atoms. The molecule has 0 saturated carbocycles. The van der Waals surface area contributed by atoms with Crippen LogP contribution in [-0.4, -0.2) is 39.5 Å². The normalized spacial score (nSPS) is 11.1. The van der Waals surface area contributed by atoms with E-state index in [0.717, 1.165) is 33.0 Å². The molecule has 1 amide bonds. The molecule has 0 aliphatic carbocycles. The van der Waals surface area contributed by atoms with Crippen LogP contribution in [0.5, 0.6) is 0 Å². The summed E-state index contributed by atoms with van der Waals surface area (Å²) in [5.74, 6) is 0.213. The molecule has 0 atom stereocenters. The Morgan fingerprint density at radius 3 is 2.63 bits per heavy atom. The topological polar surface area (TPSA) is 86.1 Å². The van der Waals surface area contributed by atoms with Crippen LogP contribution in [0.4, 0.5) is 5.00 Å². The number of carbonyl (C=O) groups excluding carboxylic acids is 2. The smallest absolute Gasteiger partial charge is 0.341 e. The zero-order chi connectivity index (χ0) is 25.1. The number of thiophene rings is 2. The number of carbonyl (C=O) groups is 2. The lowest BCUT2D eigenvalue weighted by molar-refractivity contribution is -0.113. The first-order valence-electron chi connectivity index (χ1n) is 11.0. The Balaban J connectivity index is 1.55. The van der Waals surface area contributed by atoms with E-state index in [2.05, 4.69) is 29.4 Å². The summed E-state index contributed by atoms with van der Waals surface area (Å²) in [5, 5.41) is 16.6. The molecule has 0 fully saturated rings. The number of esters is 1. The minimum absolute atomic E-state index is 0.132. The second-order valence-electron chi connectivity index (χ2n) is 8.25. The number of amides is 1. The first-order valence-corrected chi connectivity index (χ1v) is 13.7. The summed E-state index contributed by atoms with van der Waals surface area (Å²) >= 11 is 4.24. The van der Waals surface area contributed by atoms with Gasteiger partial charge in [0.15, 0.2) is 11.0 Å². The summed E-state index contributed by atoms with van der Waals surface area (Å²) in [7, 11) is 1.35. The maximum atomic E-state index is 12.9. The van der Waals surface area contributed by atoms with Crippen LogP contribution >= 0.6 is 34.4 Å². The summed E-state index contributed by atoms with van der Waals surface area (Å²) in [4.78, 5) is 26.6. The van der Waals surface area contributed by atoms with Gasteiger partial charge in [0, 0.05) is 17.0 Å². The number of anilines is 1. The summed E-state index contributed by atoms with van der Waals surface area (Å²) < 4.78 is 7.08. The standard InChI is InChI=1S/C25H26N4O3S3/c1-14(2)29-22(19-7-6-10-33-19)27-28-25(29)35-13-20(30)26-23-21(24(31)32-5)18(12-34-23)17-11-15(3)8-9-16(17)4/h6-12,14H,13H2,1-5H3,(H,26,30). The first kappa shape index (κ1) is 25.2. The predicted octanol–water partition coefficient (Wildman–Crippen LogP) is 6.45. The summed E-state index contributed by atoms with van der Waals surface area (Å²) in [6.45, 7) is 8.13. The highest BCUT2D eigenvalue weighted by molar-refractivity contribution is 7.99. The van der Waals surface area contributed by atoms with E-state index in [-0.39, 0.29) is 17.7 Å². The number of aromatic nitrogens is 3. The van der Waals surface area contributed by atoms with E-state index in [1.54, 1.807) is 11.3 Å². The molecular formula is C25H26N4O3S3. The van der Waals surface area contributed by atoms with Crippen molar-refractivity contribution >= 4 is 51.3 Å². The molecule has 182 valence electrons. The molecule has 0 unspecified atom stereocenters. The van der Waals surface area contributed by atoms with Crippen molar-refractivity contribution in [2.45, 2.75) is 38.9 Å². The minimum Gasteiger partial charge on any atom is -0.465 e. The van der Waals surface area contributed by atoms with Gasteiger partial charge in [0.2, 0.25) is 5.91 Å². The van der Waals surface area contributed by atoms with Crippen LogP contribution in [0.3, 0.4) is 0 Å². The molecule has 3 heterocycles. The van der Waals surface area contributed by atoms with Gasteiger partial charge in [-0.3, -0.25) is 9.36 Å². The number of rotatable bonds is 8.